The molecule has 2 aromatic heterocycles. The van der Waals surface area contributed by atoms with E-state index in [0.29, 0.717) is 0 Å². The number of hydrogen-bond acceptors (Lipinski definition) is 5. The van der Waals surface area contributed by atoms with Crippen LogP contribution in [0.2, 0.25) is 0 Å². The number of thiazole rings is 1. The summed E-state index contributed by atoms with van der Waals surface area (Å²) in [4.78, 5) is 7.85. The Morgan fingerprint density at radius 2 is 2.33 bits per heavy atom. The zero-order valence-corrected chi connectivity index (χ0v) is 11.7. The van der Waals surface area contributed by atoms with E-state index in [4.69, 9.17) is 4.42 Å². The van der Waals surface area contributed by atoms with Crippen molar-refractivity contribution in [1.82, 2.24) is 9.88 Å². The van der Waals surface area contributed by atoms with Crippen molar-refractivity contribution in [3.63, 3.8) is 0 Å². The summed E-state index contributed by atoms with van der Waals surface area (Å²) in [5.74, 6) is 0.992. The van der Waals surface area contributed by atoms with Gasteiger partial charge in [-0.15, -0.1) is 11.3 Å². The van der Waals surface area contributed by atoms with Gasteiger partial charge < -0.3 is 9.73 Å². The molecule has 0 aliphatic heterocycles. The third kappa shape index (κ3) is 3.85. The fourth-order valence-electron chi connectivity index (χ4n) is 1.68. The molecule has 0 atom stereocenters. The summed E-state index contributed by atoms with van der Waals surface area (Å²) in [5, 5.41) is 4.32. The van der Waals surface area contributed by atoms with Crippen molar-refractivity contribution >= 4 is 16.5 Å². The molecule has 1 N–H and O–H groups in total. The van der Waals surface area contributed by atoms with Crippen LogP contribution >= 0.6 is 11.3 Å². The number of nitrogens with zero attached hydrogens (tertiary/aromatic N) is 2. The molecule has 2 aromatic rings. The number of nitrogens with one attached hydrogen (secondary N) is 1. The third-order valence-electron chi connectivity index (χ3n) is 2.51. The van der Waals surface area contributed by atoms with Crippen LogP contribution in [-0.2, 0) is 13.1 Å². The standard InChI is InChI=1S/C13H19N3OS/c1-3-6-14-13-15-8-12(18-13)10-16(2)9-11-5-4-7-17-11/h4-5,7-8H,3,6,9-10H2,1-2H3,(H,14,15). The number of rotatable bonds is 7. The second-order valence-electron chi connectivity index (χ2n) is 4.31. The van der Waals surface area contributed by atoms with Crippen LogP contribution < -0.4 is 5.32 Å². The van der Waals surface area contributed by atoms with Gasteiger partial charge in [-0.2, -0.15) is 0 Å². The van der Waals surface area contributed by atoms with Crippen LogP contribution in [0.5, 0.6) is 0 Å². The molecule has 4 nitrogen and oxygen atoms in total. The van der Waals surface area contributed by atoms with Crippen molar-refractivity contribution in [1.29, 1.82) is 0 Å². The predicted octanol–water partition coefficient (Wildman–Crippen LogP) is 3.19. The van der Waals surface area contributed by atoms with E-state index in [1.165, 1.54) is 4.88 Å². The zero-order valence-electron chi connectivity index (χ0n) is 10.8. The lowest BCUT2D eigenvalue weighted by Crippen LogP contribution is -2.16. The lowest BCUT2D eigenvalue weighted by molar-refractivity contribution is 0.290. The summed E-state index contributed by atoms with van der Waals surface area (Å²) in [6.45, 7) is 4.85. The molecule has 0 spiro atoms. The summed E-state index contributed by atoms with van der Waals surface area (Å²) >= 11 is 1.72. The van der Waals surface area contributed by atoms with Crippen LogP contribution in [0.4, 0.5) is 5.13 Å². The van der Waals surface area contributed by atoms with Gasteiger partial charge in [-0.1, -0.05) is 6.92 Å². The Hall–Kier alpha value is -1.33. The molecule has 0 aliphatic carbocycles. The fourth-order valence-corrected chi connectivity index (χ4v) is 2.60. The van der Waals surface area contributed by atoms with Crippen LogP contribution in [0.3, 0.4) is 0 Å². The minimum absolute atomic E-state index is 0.822. The quantitative estimate of drug-likeness (QED) is 0.834. The SMILES string of the molecule is CCCNc1ncc(CN(C)Cc2ccco2)s1. The van der Waals surface area contributed by atoms with Crippen LogP contribution in [0.15, 0.2) is 29.0 Å². The van der Waals surface area contributed by atoms with Gasteiger partial charge in [0.1, 0.15) is 5.76 Å². The molecule has 5 heteroatoms. The Morgan fingerprint density at radius 3 is 3.06 bits per heavy atom. The maximum Gasteiger partial charge on any atom is 0.182 e. The van der Waals surface area contributed by atoms with E-state index in [0.717, 1.165) is 36.9 Å². The number of hydrogen-bond donors (Lipinski definition) is 1. The molecule has 0 unspecified atom stereocenters. The highest BCUT2D eigenvalue weighted by atomic mass is 32.1. The minimum atomic E-state index is 0.822. The first-order chi connectivity index (χ1) is 8.78. The molecule has 2 heterocycles. The molecular formula is C13H19N3OS. The van der Waals surface area contributed by atoms with Gasteiger partial charge in [-0.3, -0.25) is 4.90 Å². The first-order valence-corrected chi connectivity index (χ1v) is 6.99. The second-order valence-corrected chi connectivity index (χ2v) is 5.43. The van der Waals surface area contributed by atoms with Gasteiger partial charge in [-0.05, 0) is 25.6 Å². The van der Waals surface area contributed by atoms with Crippen LogP contribution in [-0.4, -0.2) is 23.5 Å². The van der Waals surface area contributed by atoms with Crippen molar-refractivity contribution in [2.45, 2.75) is 26.4 Å². The van der Waals surface area contributed by atoms with Gasteiger partial charge in [0.05, 0.1) is 12.8 Å². The molecule has 0 amide bonds. The Bertz CT molecular complexity index is 453. The van der Waals surface area contributed by atoms with Crippen molar-refractivity contribution < 1.29 is 4.42 Å². The summed E-state index contributed by atoms with van der Waals surface area (Å²) < 4.78 is 5.33. The smallest absolute Gasteiger partial charge is 0.182 e. The maximum absolute atomic E-state index is 5.33. The van der Waals surface area contributed by atoms with Crippen molar-refractivity contribution in [2.24, 2.45) is 0 Å². The minimum Gasteiger partial charge on any atom is -0.468 e. The van der Waals surface area contributed by atoms with Crippen molar-refractivity contribution in [2.75, 3.05) is 18.9 Å². The van der Waals surface area contributed by atoms with Gasteiger partial charge in [-0.25, -0.2) is 4.98 Å². The van der Waals surface area contributed by atoms with Crippen LogP contribution in [0, 0.1) is 0 Å². The van der Waals surface area contributed by atoms with Gasteiger partial charge in [0.2, 0.25) is 0 Å². The lowest BCUT2D eigenvalue weighted by atomic mass is 10.4. The van der Waals surface area contributed by atoms with Gasteiger partial charge in [0.15, 0.2) is 5.13 Å². The normalized spacial score (nSPS) is 11.1. The molecular weight excluding hydrogens is 246 g/mol. The van der Waals surface area contributed by atoms with E-state index in [-0.39, 0.29) is 0 Å². The predicted molar refractivity (Wildman–Crippen MR) is 74.8 cm³/mol. The highest BCUT2D eigenvalue weighted by Crippen LogP contribution is 2.19. The van der Waals surface area contributed by atoms with E-state index in [2.05, 4.69) is 29.2 Å². The molecule has 0 saturated carbocycles. The highest BCUT2D eigenvalue weighted by Gasteiger charge is 2.06. The highest BCUT2D eigenvalue weighted by molar-refractivity contribution is 7.15. The average Bonchev–Trinajstić information content (AvgIpc) is 2.98. The fraction of sp³-hybridized carbons (Fsp3) is 0.462. The molecule has 0 aromatic carbocycles. The van der Waals surface area contributed by atoms with Crippen LogP contribution in [0.1, 0.15) is 24.0 Å². The molecule has 18 heavy (non-hydrogen) atoms. The van der Waals surface area contributed by atoms with E-state index < -0.39 is 0 Å². The number of anilines is 1. The molecule has 2 rings (SSSR count). The van der Waals surface area contributed by atoms with E-state index >= 15 is 0 Å². The Morgan fingerprint density at radius 1 is 1.44 bits per heavy atom. The molecule has 0 fully saturated rings. The topological polar surface area (TPSA) is 41.3 Å². The van der Waals surface area contributed by atoms with Crippen molar-refractivity contribution in [3.05, 3.63) is 35.2 Å². The summed E-state index contributed by atoms with van der Waals surface area (Å²) in [6.07, 6.45) is 4.78. The van der Waals surface area contributed by atoms with E-state index in [1.807, 2.05) is 18.3 Å². The first kappa shape index (κ1) is 13.1. The third-order valence-corrected chi connectivity index (χ3v) is 3.45. The van der Waals surface area contributed by atoms with E-state index in [9.17, 15) is 0 Å². The zero-order chi connectivity index (χ0) is 12.8. The van der Waals surface area contributed by atoms with E-state index in [1.54, 1.807) is 17.6 Å². The van der Waals surface area contributed by atoms with Gasteiger partial charge >= 0.3 is 0 Å². The van der Waals surface area contributed by atoms with Gasteiger partial charge in [0.25, 0.3) is 0 Å². The number of aromatic nitrogens is 1. The molecule has 0 radical (unpaired) electrons. The Labute approximate surface area is 112 Å². The molecule has 0 aliphatic rings. The van der Waals surface area contributed by atoms with Crippen molar-refractivity contribution in [3.8, 4) is 0 Å². The summed E-state index contributed by atoms with van der Waals surface area (Å²) in [7, 11) is 2.08. The largest absolute Gasteiger partial charge is 0.468 e. The Kier molecular flexibility index (Phi) is 4.78. The lowest BCUT2D eigenvalue weighted by Gasteiger charge is -2.13. The summed E-state index contributed by atoms with van der Waals surface area (Å²) in [6, 6.07) is 3.92. The summed E-state index contributed by atoms with van der Waals surface area (Å²) in [5.41, 5.74) is 0. The monoisotopic (exact) mass is 265 g/mol. The van der Waals surface area contributed by atoms with Crippen LogP contribution in [0.25, 0.3) is 0 Å². The molecule has 0 saturated heterocycles. The Balaban J connectivity index is 1.83. The second kappa shape index (κ2) is 6.56. The number of furan rings is 1. The average molecular weight is 265 g/mol. The maximum atomic E-state index is 5.33. The molecule has 0 bridgehead atoms. The first-order valence-electron chi connectivity index (χ1n) is 6.17. The molecule has 98 valence electrons. The van der Waals surface area contributed by atoms with Gasteiger partial charge in [0, 0.05) is 24.2 Å².